The summed E-state index contributed by atoms with van der Waals surface area (Å²) in [6.45, 7) is 2.50. The van der Waals surface area contributed by atoms with Gasteiger partial charge in [-0.05, 0) is 32.7 Å². The molecule has 1 saturated heterocycles. The van der Waals surface area contributed by atoms with Gasteiger partial charge in [-0.1, -0.05) is 0 Å². The number of carbonyl (C=O) groups excluding carboxylic acids is 1. The van der Waals surface area contributed by atoms with E-state index in [0.717, 1.165) is 25.8 Å². The summed E-state index contributed by atoms with van der Waals surface area (Å²) in [5.41, 5.74) is -0.0486. The summed E-state index contributed by atoms with van der Waals surface area (Å²) in [7, 11) is 0. The van der Waals surface area contributed by atoms with Crippen molar-refractivity contribution in [3.8, 4) is 0 Å². The van der Waals surface area contributed by atoms with E-state index in [0.29, 0.717) is 5.69 Å². The number of aliphatic carboxylic acids is 1. The van der Waals surface area contributed by atoms with E-state index in [1.165, 1.54) is 17.1 Å². The van der Waals surface area contributed by atoms with E-state index in [4.69, 9.17) is 5.11 Å². The number of nitrogens with one attached hydrogen (secondary N) is 2. The lowest BCUT2D eigenvalue weighted by Crippen LogP contribution is -2.54. The maximum Gasteiger partial charge on any atom is 0.325 e. The Bertz CT molecular complexity index is 477. The van der Waals surface area contributed by atoms with Gasteiger partial charge in [-0.25, -0.2) is 0 Å². The lowest BCUT2D eigenvalue weighted by atomic mass is 9.90. The number of hydrogen-bond donors (Lipinski definition) is 3. The quantitative estimate of drug-likeness (QED) is 0.734. The van der Waals surface area contributed by atoms with Gasteiger partial charge in [0.1, 0.15) is 6.54 Å². The standard InChI is InChI=1S/C12H18N4O3/c1-12(4-2-3-5-13-12)11(19)15-9-6-14-16(7-9)8-10(17)18/h6-7,13H,2-5,8H2,1H3,(H,15,19)(H,17,18). The smallest absolute Gasteiger partial charge is 0.325 e. The number of piperidine rings is 1. The molecule has 1 atom stereocenters. The van der Waals surface area contributed by atoms with Gasteiger partial charge in [0.15, 0.2) is 0 Å². The van der Waals surface area contributed by atoms with Crippen LogP contribution in [0.2, 0.25) is 0 Å². The van der Waals surface area contributed by atoms with Crippen LogP contribution < -0.4 is 10.6 Å². The van der Waals surface area contributed by atoms with Crippen molar-refractivity contribution in [3.05, 3.63) is 12.4 Å². The first-order valence-corrected chi connectivity index (χ1v) is 6.30. The predicted molar refractivity (Wildman–Crippen MR) is 68.8 cm³/mol. The molecule has 1 aromatic heterocycles. The van der Waals surface area contributed by atoms with E-state index >= 15 is 0 Å². The number of nitrogens with zero attached hydrogens (tertiary/aromatic N) is 2. The van der Waals surface area contributed by atoms with Crippen molar-refractivity contribution in [1.29, 1.82) is 0 Å². The minimum atomic E-state index is -0.970. The van der Waals surface area contributed by atoms with E-state index in [1.807, 2.05) is 6.92 Å². The van der Waals surface area contributed by atoms with E-state index < -0.39 is 11.5 Å². The number of rotatable bonds is 4. The number of anilines is 1. The second-order valence-corrected chi connectivity index (χ2v) is 4.99. The van der Waals surface area contributed by atoms with Crippen LogP contribution in [0.15, 0.2) is 12.4 Å². The molecule has 1 fully saturated rings. The van der Waals surface area contributed by atoms with E-state index in [1.54, 1.807) is 0 Å². The summed E-state index contributed by atoms with van der Waals surface area (Å²) in [5.74, 6) is -1.08. The van der Waals surface area contributed by atoms with Crippen molar-refractivity contribution in [3.63, 3.8) is 0 Å². The zero-order valence-electron chi connectivity index (χ0n) is 10.8. The molecule has 104 valence electrons. The highest BCUT2D eigenvalue weighted by Gasteiger charge is 2.34. The number of carbonyl (C=O) groups is 2. The molecule has 2 heterocycles. The molecule has 0 bridgehead atoms. The zero-order chi connectivity index (χ0) is 13.9. The molecule has 1 unspecified atom stereocenters. The second kappa shape index (κ2) is 5.40. The molecule has 1 aromatic rings. The molecule has 0 spiro atoms. The number of aromatic nitrogens is 2. The van der Waals surface area contributed by atoms with Crippen LogP contribution in [0.3, 0.4) is 0 Å². The highest BCUT2D eigenvalue weighted by Crippen LogP contribution is 2.20. The minimum absolute atomic E-state index is 0.109. The van der Waals surface area contributed by atoms with Gasteiger partial charge in [-0.2, -0.15) is 5.10 Å². The summed E-state index contributed by atoms with van der Waals surface area (Å²) in [4.78, 5) is 22.7. The summed E-state index contributed by atoms with van der Waals surface area (Å²) in [6, 6.07) is 0. The maximum absolute atomic E-state index is 12.2. The third-order valence-electron chi connectivity index (χ3n) is 3.31. The van der Waals surface area contributed by atoms with Gasteiger partial charge in [0.05, 0.1) is 17.4 Å². The van der Waals surface area contributed by atoms with Crippen LogP contribution in [0, 0.1) is 0 Å². The van der Waals surface area contributed by atoms with Crippen molar-refractivity contribution in [2.24, 2.45) is 0 Å². The third-order valence-corrected chi connectivity index (χ3v) is 3.31. The molecule has 7 nitrogen and oxygen atoms in total. The van der Waals surface area contributed by atoms with E-state index in [9.17, 15) is 9.59 Å². The van der Waals surface area contributed by atoms with Gasteiger partial charge in [-0.15, -0.1) is 0 Å². The Balaban J connectivity index is 1.98. The second-order valence-electron chi connectivity index (χ2n) is 4.99. The average Bonchev–Trinajstić information content (AvgIpc) is 2.76. The first-order chi connectivity index (χ1) is 8.99. The summed E-state index contributed by atoms with van der Waals surface area (Å²) >= 11 is 0. The molecule has 19 heavy (non-hydrogen) atoms. The van der Waals surface area contributed by atoms with Crippen LogP contribution in [-0.2, 0) is 16.1 Å². The van der Waals surface area contributed by atoms with Gasteiger partial charge in [0, 0.05) is 6.20 Å². The summed E-state index contributed by atoms with van der Waals surface area (Å²) in [5, 5.41) is 18.5. The highest BCUT2D eigenvalue weighted by molar-refractivity contribution is 5.97. The molecule has 7 heteroatoms. The Hall–Kier alpha value is -1.89. The Morgan fingerprint density at radius 1 is 1.58 bits per heavy atom. The van der Waals surface area contributed by atoms with Crippen LogP contribution in [-0.4, -0.2) is 38.8 Å². The Morgan fingerprint density at radius 3 is 3.00 bits per heavy atom. The Labute approximate surface area is 111 Å². The fourth-order valence-corrected chi connectivity index (χ4v) is 2.17. The normalized spacial score (nSPS) is 23.0. The molecule has 2 rings (SSSR count). The van der Waals surface area contributed by atoms with Gasteiger partial charge < -0.3 is 15.7 Å². The summed E-state index contributed by atoms with van der Waals surface area (Å²) in [6.07, 6.45) is 5.86. The average molecular weight is 266 g/mol. The first-order valence-electron chi connectivity index (χ1n) is 6.30. The van der Waals surface area contributed by atoms with Gasteiger partial charge >= 0.3 is 5.97 Å². The van der Waals surface area contributed by atoms with Crippen molar-refractivity contribution in [2.75, 3.05) is 11.9 Å². The molecule has 0 saturated carbocycles. The molecular weight excluding hydrogens is 248 g/mol. The van der Waals surface area contributed by atoms with Gasteiger partial charge in [-0.3, -0.25) is 14.3 Å². The Kier molecular flexibility index (Phi) is 3.84. The fourth-order valence-electron chi connectivity index (χ4n) is 2.17. The molecular formula is C12H18N4O3. The van der Waals surface area contributed by atoms with Gasteiger partial charge in [0.25, 0.3) is 0 Å². The lowest BCUT2D eigenvalue weighted by Gasteiger charge is -2.33. The monoisotopic (exact) mass is 266 g/mol. The molecule has 1 amide bonds. The SMILES string of the molecule is CC1(C(=O)Nc2cnn(CC(=O)O)c2)CCCCN1. The minimum Gasteiger partial charge on any atom is -0.480 e. The van der Waals surface area contributed by atoms with E-state index in [-0.39, 0.29) is 12.5 Å². The molecule has 1 aliphatic rings. The molecule has 0 aromatic carbocycles. The third kappa shape index (κ3) is 3.31. The first kappa shape index (κ1) is 13.5. The lowest BCUT2D eigenvalue weighted by molar-refractivity contribution is -0.137. The maximum atomic E-state index is 12.2. The van der Waals surface area contributed by atoms with Crippen molar-refractivity contribution >= 4 is 17.6 Å². The van der Waals surface area contributed by atoms with Crippen LogP contribution in [0.25, 0.3) is 0 Å². The predicted octanol–water partition coefficient (Wildman–Crippen LogP) is 0.438. The van der Waals surface area contributed by atoms with Crippen molar-refractivity contribution < 1.29 is 14.7 Å². The number of carboxylic acids is 1. The highest BCUT2D eigenvalue weighted by atomic mass is 16.4. The van der Waals surface area contributed by atoms with Gasteiger partial charge in [0.2, 0.25) is 5.91 Å². The van der Waals surface area contributed by atoms with Crippen molar-refractivity contribution in [1.82, 2.24) is 15.1 Å². The van der Waals surface area contributed by atoms with Crippen LogP contribution in [0.5, 0.6) is 0 Å². The Morgan fingerprint density at radius 2 is 2.37 bits per heavy atom. The number of amides is 1. The fraction of sp³-hybridized carbons (Fsp3) is 0.583. The van der Waals surface area contributed by atoms with Crippen LogP contribution >= 0.6 is 0 Å². The van der Waals surface area contributed by atoms with Crippen LogP contribution in [0.4, 0.5) is 5.69 Å². The van der Waals surface area contributed by atoms with Crippen molar-refractivity contribution in [2.45, 2.75) is 38.3 Å². The zero-order valence-corrected chi connectivity index (χ0v) is 10.8. The molecule has 0 aliphatic carbocycles. The molecule has 0 radical (unpaired) electrons. The van der Waals surface area contributed by atoms with Crippen LogP contribution in [0.1, 0.15) is 26.2 Å². The largest absolute Gasteiger partial charge is 0.480 e. The number of carboxylic acid groups (broad SMARTS) is 1. The van der Waals surface area contributed by atoms with E-state index in [2.05, 4.69) is 15.7 Å². The summed E-state index contributed by atoms with van der Waals surface area (Å²) < 4.78 is 1.27. The molecule has 1 aliphatic heterocycles. The number of hydrogen-bond acceptors (Lipinski definition) is 4. The topological polar surface area (TPSA) is 96.2 Å². The molecule has 3 N–H and O–H groups in total.